The van der Waals surface area contributed by atoms with Crippen molar-refractivity contribution in [3.8, 4) is 0 Å². The molecule has 1 aromatic rings. The number of sulfonamides is 1. The summed E-state index contributed by atoms with van der Waals surface area (Å²) >= 11 is 0. The molecule has 0 saturated carbocycles. The molecule has 0 aliphatic carbocycles. The molecule has 0 bridgehead atoms. The average Bonchev–Trinajstić information content (AvgIpc) is 3.33. The average molecular weight is 468 g/mol. The molecule has 0 spiro atoms. The molecule has 32 heavy (non-hydrogen) atoms. The highest BCUT2D eigenvalue weighted by atomic mass is 32.2. The third kappa shape index (κ3) is 4.88. The summed E-state index contributed by atoms with van der Waals surface area (Å²) in [6.07, 6.45) is 5.22. The number of carbonyl (C=O) groups is 1. The quantitative estimate of drug-likeness (QED) is 0.647. The number of piperidine rings is 1. The number of hydrogen-bond acceptors (Lipinski definition) is 6. The van der Waals surface area contributed by atoms with Crippen molar-refractivity contribution in [2.75, 3.05) is 39.3 Å². The molecular weight excluding hydrogens is 430 g/mol. The largest absolute Gasteiger partial charge is 0.373 e. The first kappa shape index (κ1) is 23.7. The number of aromatic nitrogens is 2. The maximum absolute atomic E-state index is 13.4. The van der Waals surface area contributed by atoms with Crippen LogP contribution in [0.5, 0.6) is 0 Å². The highest BCUT2D eigenvalue weighted by Crippen LogP contribution is 2.28. The van der Waals surface area contributed by atoms with Crippen molar-refractivity contribution in [2.45, 2.75) is 69.7 Å². The summed E-state index contributed by atoms with van der Waals surface area (Å²) in [5.74, 6) is 0.764. The Bertz CT molecular complexity index is 895. The van der Waals surface area contributed by atoms with Crippen LogP contribution in [0.3, 0.4) is 0 Å². The third-order valence-corrected chi connectivity index (χ3v) is 8.89. The van der Waals surface area contributed by atoms with Gasteiger partial charge in [0, 0.05) is 64.5 Å². The van der Waals surface area contributed by atoms with Crippen molar-refractivity contribution in [3.05, 3.63) is 12.0 Å². The standard InChI is InChI=1S/C22H37N5O4S/c1-16-12-25(13-17(2)31-16)14-20-6-5-9-27(20)22(28)19-7-10-26(11-8-19)32(29,30)21-15-24(4)18(3)23-21/h15-17,19-20H,5-14H2,1-4H3. The van der Waals surface area contributed by atoms with Crippen LogP contribution in [0.2, 0.25) is 0 Å². The highest BCUT2D eigenvalue weighted by Gasteiger charge is 2.38. The van der Waals surface area contributed by atoms with Gasteiger partial charge in [-0.25, -0.2) is 13.4 Å². The number of hydrogen-bond donors (Lipinski definition) is 0. The molecule has 3 aliphatic heterocycles. The van der Waals surface area contributed by atoms with Crippen LogP contribution in [0.25, 0.3) is 0 Å². The highest BCUT2D eigenvalue weighted by molar-refractivity contribution is 7.89. The molecule has 3 atom stereocenters. The number of aryl methyl sites for hydroxylation is 2. The first-order valence-corrected chi connectivity index (χ1v) is 13.3. The van der Waals surface area contributed by atoms with Gasteiger partial charge in [-0.05, 0) is 46.5 Å². The predicted octanol–water partition coefficient (Wildman–Crippen LogP) is 1.23. The van der Waals surface area contributed by atoms with E-state index in [-0.39, 0.29) is 35.1 Å². The second-order valence-corrected chi connectivity index (χ2v) is 11.6. The molecule has 0 radical (unpaired) electrons. The Morgan fingerprint density at radius 2 is 1.78 bits per heavy atom. The van der Waals surface area contributed by atoms with Crippen LogP contribution in [-0.4, -0.2) is 95.5 Å². The molecule has 0 aromatic carbocycles. The van der Waals surface area contributed by atoms with Crippen molar-refractivity contribution >= 4 is 15.9 Å². The zero-order valence-electron chi connectivity index (χ0n) is 19.7. The minimum Gasteiger partial charge on any atom is -0.373 e. The van der Waals surface area contributed by atoms with E-state index in [2.05, 4.69) is 28.6 Å². The second-order valence-electron chi connectivity index (χ2n) is 9.72. The minimum absolute atomic E-state index is 0.0934. The van der Waals surface area contributed by atoms with Gasteiger partial charge < -0.3 is 14.2 Å². The van der Waals surface area contributed by atoms with E-state index in [1.54, 1.807) is 24.7 Å². The molecule has 3 saturated heterocycles. The van der Waals surface area contributed by atoms with E-state index in [4.69, 9.17) is 4.74 Å². The van der Waals surface area contributed by atoms with Gasteiger partial charge in [0.1, 0.15) is 5.82 Å². The van der Waals surface area contributed by atoms with Crippen LogP contribution in [0.4, 0.5) is 0 Å². The molecular formula is C22H37N5O4S. The number of nitrogens with zero attached hydrogens (tertiary/aromatic N) is 5. The van der Waals surface area contributed by atoms with Crippen molar-refractivity contribution in [3.63, 3.8) is 0 Å². The normalized spacial score (nSPS) is 29.0. The third-order valence-electron chi connectivity index (χ3n) is 7.12. The van der Waals surface area contributed by atoms with E-state index in [9.17, 15) is 13.2 Å². The molecule has 1 aromatic heterocycles. The van der Waals surface area contributed by atoms with E-state index < -0.39 is 10.0 Å². The molecule has 1 amide bonds. The molecule has 4 rings (SSSR count). The Kier molecular flexibility index (Phi) is 6.95. The van der Waals surface area contributed by atoms with E-state index >= 15 is 0 Å². The summed E-state index contributed by atoms with van der Waals surface area (Å²) in [5, 5.41) is 0.0934. The Hall–Kier alpha value is -1.49. The topological polar surface area (TPSA) is 88.0 Å². The monoisotopic (exact) mass is 467 g/mol. The fraction of sp³-hybridized carbons (Fsp3) is 0.818. The van der Waals surface area contributed by atoms with Crippen molar-refractivity contribution in [1.82, 2.24) is 23.7 Å². The number of amides is 1. The van der Waals surface area contributed by atoms with Crippen LogP contribution in [-0.2, 0) is 26.6 Å². The van der Waals surface area contributed by atoms with Crippen LogP contribution in [0, 0.1) is 12.8 Å². The molecule has 10 heteroatoms. The summed E-state index contributed by atoms with van der Waals surface area (Å²) in [4.78, 5) is 22.1. The second kappa shape index (κ2) is 9.40. The van der Waals surface area contributed by atoms with Gasteiger partial charge in [-0.1, -0.05) is 0 Å². The molecule has 3 unspecified atom stereocenters. The van der Waals surface area contributed by atoms with Gasteiger partial charge in [-0.15, -0.1) is 0 Å². The summed E-state index contributed by atoms with van der Waals surface area (Å²) in [6, 6.07) is 0.248. The van der Waals surface area contributed by atoms with Crippen molar-refractivity contribution in [1.29, 1.82) is 0 Å². The minimum atomic E-state index is -3.61. The molecule has 9 nitrogen and oxygen atoms in total. The zero-order valence-corrected chi connectivity index (χ0v) is 20.6. The first-order valence-electron chi connectivity index (χ1n) is 11.8. The molecule has 180 valence electrons. The van der Waals surface area contributed by atoms with E-state index in [1.165, 1.54) is 4.31 Å². The number of morpholine rings is 1. The summed E-state index contributed by atoms with van der Waals surface area (Å²) in [5.41, 5.74) is 0. The number of imidazole rings is 1. The van der Waals surface area contributed by atoms with E-state index in [1.807, 2.05) is 0 Å². The van der Waals surface area contributed by atoms with Gasteiger partial charge in [0.2, 0.25) is 5.91 Å². The van der Waals surface area contributed by atoms with Crippen LogP contribution in [0.1, 0.15) is 45.4 Å². The van der Waals surface area contributed by atoms with Gasteiger partial charge in [0.25, 0.3) is 10.0 Å². The van der Waals surface area contributed by atoms with Crippen LogP contribution < -0.4 is 0 Å². The molecule has 0 N–H and O–H groups in total. The van der Waals surface area contributed by atoms with Gasteiger partial charge >= 0.3 is 0 Å². The zero-order chi connectivity index (χ0) is 23.0. The summed E-state index contributed by atoms with van der Waals surface area (Å²) in [6.45, 7) is 10.3. The fourth-order valence-corrected chi connectivity index (χ4v) is 6.90. The number of ether oxygens (including phenoxy) is 1. The lowest BCUT2D eigenvalue weighted by Crippen LogP contribution is -2.52. The van der Waals surface area contributed by atoms with Crippen LogP contribution in [0.15, 0.2) is 11.2 Å². The smallest absolute Gasteiger partial charge is 0.262 e. The van der Waals surface area contributed by atoms with Gasteiger partial charge in [0.15, 0.2) is 5.03 Å². The molecule has 3 aliphatic rings. The lowest BCUT2D eigenvalue weighted by atomic mass is 9.96. The summed E-state index contributed by atoms with van der Waals surface area (Å²) < 4.78 is 34.9. The molecule has 3 fully saturated rings. The lowest BCUT2D eigenvalue weighted by molar-refractivity contribution is -0.138. The first-order chi connectivity index (χ1) is 15.1. The number of carbonyl (C=O) groups excluding carboxylic acids is 1. The summed E-state index contributed by atoms with van der Waals surface area (Å²) in [7, 11) is -1.83. The maximum Gasteiger partial charge on any atom is 0.262 e. The fourth-order valence-electron chi connectivity index (χ4n) is 5.41. The van der Waals surface area contributed by atoms with Gasteiger partial charge in [-0.3, -0.25) is 9.69 Å². The Labute approximate surface area is 191 Å². The Morgan fingerprint density at radius 1 is 1.12 bits per heavy atom. The predicted molar refractivity (Wildman–Crippen MR) is 121 cm³/mol. The van der Waals surface area contributed by atoms with E-state index in [0.717, 1.165) is 39.0 Å². The van der Waals surface area contributed by atoms with Crippen molar-refractivity contribution < 1.29 is 17.9 Å². The van der Waals surface area contributed by atoms with Crippen LogP contribution >= 0.6 is 0 Å². The Balaban J connectivity index is 1.34. The van der Waals surface area contributed by atoms with E-state index in [0.29, 0.717) is 31.8 Å². The lowest BCUT2D eigenvalue weighted by Gasteiger charge is -2.39. The maximum atomic E-state index is 13.4. The number of likely N-dealkylation sites (tertiary alicyclic amines) is 1. The SMILES string of the molecule is Cc1nc(S(=O)(=O)N2CCC(C(=O)N3CCCC3CN3CC(C)OC(C)C3)CC2)cn1C. The van der Waals surface area contributed by atoms with Gasteiger partial charge in [0.05, 0.1) is 12.2 Å². The number of rotatable bonds is 5. The van der Waals surface area contributed by atoms with Crippen molar-refractivity contribution in [2.24, 2.45) is 13.0 Å². The Morgan fingerprint density at radius 3 is 2.38 bits per heavy atom. The van der Waals surface area contributed by atoms with Gasteiger partial charge in [-0.2, -0.15) is 4.31 Å². The molecule has 4 heterocycles.